The average molecular weight is 282 g/mol. The molecule has 0 saturated carbocycles. The van der Waals surface area contributed by atoms with E-state index in [1.54, 1.807) is 6.20 Å². The molecule has 1 saturated heterocycles. The second-order valence-corrected chi connectivity index (χ2v) is 7.26. The number of hydrogen-bond acceptors (Lipinski definition) is 4. The van der Waals surface area contributed by atoms with Gasteiger partial charge in [0.25, 0.3) is 5.91 Å². The SMILES string of the molecule is CC1CN(C(=O)c2cnc(C(C)(C)C)s2)C(C)CO1. The summed E-state index contributed by atoms with van der Waals surface area (Å²) in [6, 6.07) is 0.129. The van der Waals surface area contributed by atoms with Gasteiger partial charge in [0.2, 0.25) is 0 Å². The Morgan fingerprint density at radius 1 is 1.47 bits per heavy atom. The maximum atomic E-state index is 12.5. The molecule has 2 rings (SSSR count). The summed E-state index contributed by atoms with van der Waals surface area (Å²) < 4.78 is 5.56. The van der Waals surface area contributed by atoms with Gasteiger partial charge < -0.3 is 9.64 Å². The number of hydrogen-bond donors (Lipinski definition) is 0. The van der Waals surface area contributed by atoms with E-state index in [-0.39, 0.29) is 23.5 Å². The Morgan fingerprint density at radius 3 is 2.74 bits per heavy atom. The molecule has 0 aliphatic carbocycles. The Labute approximate surface area is 118 Å². The zero-order chi connectivity index (χ0) is 14.2. The first-order valence-corrected chi connectivity index (χ1v) is 7.49. The first-order valence-electron chi connectivity index (χ1n) is 6.68. The Balaban J connectivity index is 2.17. The maximum absolute atomic E-state index is 12.5. The minimum Gasteiger partial charge on any atom is -0.375 e. The number of ether oxygens (including phenoxy) is 1. The number of aromatic nitrogens is 1. The second-order valence-electron chi connectivity index (χ2n) is 6.23. The summed E-state index contributed by atoms with van der Waals surface area (Å²) in [5, 5.41) is 1.00. The van der Waals surface area contributed by atoms with E-state index in [4.69, 9.17) is 4.74 Å². The lowest BCUT2D eigenvalue weighted by Crippen LogP contribution is -2.50. The highest BCUT2D eigenvalue weighted by Crippen LogP contribution is 2.28. The van der Waals surface area contributed by atoms with Gasteiger partial charge in [-0.2, -0.15) is 0 Å². The molecule has 1 fully saturated rings. The molecule has 0 spiro atoms. The van der Waals surface area contributed by atoms with Crippen molar-refractivity contribution in [2.45, 2.75) is 52.2 Å². The van der Waals surface area contributed by atoms with Crippen LogP contribution in [0.15, 0.2) is 6.20 Å². The highest BCUT2D eigenvalue weighted by atomic mass is 32.1. The van der Waals surface area contributed by atoms with Crippen LogP contribution in [0.1, 0.15) is 49.3 Å². The van der Waals surface area contributed by atoms with Crippen LogP contribution in [-0.4, -0.2) is 41.1 Å². The highest BCUT2D eigenvalue weighted by Gasteiger charge is 2.30. The van der Waals surface area contributed by atoms with Gasteiger partial charge in [0.15, 0.2) is 0 Å². The summed E-state index contributed by atoms with van der Waals surface area (Å²) in [6.07, 6.45) is 1.82. The van der Waals surface area contributed by atoms with Gasteiger partial charge in [0, 0.05) is 12.0 Å². The minimum atomic E-state index is -0.00683. The number of thiazole rings is 1. The van der Waals surface area contributed by atoms with Crippen molar-refractivity contribution in [3.63, 3.8) is 0 Å². The predicted octanol–water partition coefficient (Wildman–Crippen LogP) is 2.69. The van der Waals surface area contributed by atoms with E-state index in [0.717, 1.165) is 9.88 Å². The number of morpholine rings is 1. The average Bonchev–Trinajstić information content (AvgIpc) is 2.80. The van der Waals surface area contributed by atoms with Crippen molar-refractivity contribution in [2.24, 2.45) is 0 Å². The van der Waals surface area contributed by atoms with E-state index in [9.17, 15) is 4.79 Å². The fourth-order valence-corrected chi connectivity index (χ4v) is 2.98. The molecule has 1 aromatic heterocycles. The molecule has 1 aliphatic rings. The molecule has 1 amide bonds. The number of amides is 1. The van der Waals surface area contributed by atoms with Gasteiger partial charge >= 0.3 is 0 Å². The molecule has 2 unspecified atom stereocenters. The van der Waals surface area contributed by atoms with Crippen LogP contribution in [0.2, 0.25) is 0 Å². The van der Waals surface area contributed by atoms with Gasteiger partial charge in [0.1, 0.15) is 4.88 Å². The molecular formula is C14H22N2O2S. The van der Waals surface area contributed by atoms with Gasteiger partial charge in [-0.05, 0) is 13.8 Å². The normalized spacial score (nSPS) is 24.6. The summed E-state index contributed by atoms with van der Waals surface area (Å²) in [5.74, 6) is 0.0793. The molecule has 0 aromatic carbocycles. The van der Waals surface area contributed by atoms with Gasteiger partial charge in [-0.25, -0.2) is 4.98 Å². The molecular weight excluding hydrogens is 260 g/mol. The van der Waals surface area contributed by atoms with Crippen molar-refractivity contribution in [1.82, 2.24) is 9.88 Å². The molecule has 19 heavy (non-hydrogen) atoms. The van der Waals surface area contributed by atoms with Gasteiger partial charge in [-0.3, -0.25) is 4.79 Å². The highest BCUT2D eigenvalue weighted by molar-refractivity contribution is 7.13. The molecule has 5 heteroatoms. The van der Waals surface area contributed by atoms with E-state index >= 15 is 0 Å². The largest absolute Gasteiger partial charge is 0.375 e. The van der Waals surface area contributed by atoms with E-state index < -0.39 is 0 Å². The molecule has 1 aliphatic heterocycles. The molecule has 106 valence electrons. The van der Waals surface area contributed by atoms with Crippen LogP contribution < -0.4 is 0 Å². The topological polar surface area (TPSA) is 42.4 Å². The molecule has 0 N–H and O–H groups in total. The smallest absolute Gasteiger partial charge is 0.265 e. The van der Waals surface area contributed by atoms with Crippen molar-refractivity contribution in [1.29, 1.82) is 0 Å². The Morgan fingerprint density at radius 2 is 2.16 bits per heavy atom. The lowest BCUT2D eigenvalue weighted by Gasteiger charge is -2.36. The van der Waals surface area contributed by atoms with Crippen molar-refractivity contribution >= 4 is 17.2 Å². The lowest BCUT2D eigenvalue weighted by molar-refractivity contribution is -0.0385. The Hall–Kier alpha value is -0.940. The van der Waals surface area contributed by atoms with E-state index in [2.05, 4.69) is 25.8 Å². The summed E-state index contributed by atoms with van der Waals surface area (Å²) in [5.41, 5.74) is -0.00683. The van der Waals surface area contributed by atoms with Crippen LogP contribution in [0.3, 0.4) is 0 Å². The minimum absolute atomic E-state index is 0.00683. The first-order chi connectivity index (χ1) is 8.79. The molecule has 1 aromatic rings. The summed E-state index contributed by atoms with van der Waals surface area (Å²) in [7, 11) is 0. The van der Waals surface area contributed by atoms with E-state index in [0.29, 0.717) is 13.2 Å². The maximum Gasteiger partial charge on any atom is 0.265 e. The fourth-order valence-electron chi connectivity index (χ4n) is 2.05. The first kappa shape index (κ1) is 14.5. The summed E-state index contributed by atoms with van der Waals surface area (Å²) >= 11 is 1.50. The number of carbonyl (C=O) groups excluding carboxylic acids is 1. The van der Waals surface area contributed by atoms with Crippen LogP contribution in [0.4, 0.5) is 0 Å². The van der Waals surface area contributed by atoms with E-state index in [1.807, 2.05) is 18.7 Å². The predicted molar refractivity (Wildman–Crippen MR) is 76.7 cm³/mol. The quantitative estimate of drug-likeness (QED) is 0.795. The monoisotopic (exact) mass is 282 g/mol. The number of carbonyl (C=O) groups is 1. The Bertz CT molecular complexity index is 464. The van der Waals surface area contributed by atoms with Crippen molar-refractivity contribution in [2.75, 3.05) is 13.2 Å². The molecule has 0 bridgehead atoms. The fraction of sp³-hybridized carbons (Fsp3) is 0.714. The second kappa shape index (κ2) is 5.21. The Kier molecular flexibility index (Phi) is 3.97. The van der Waals surface area contributed by atoms with Crippen LogP contribution in [0.25, 0.3) is 0 Å². The third-order valence-corrected chi connectivity index (χ3v) is 4.64. The molecule has 2 atom stereocenters. The van der Waals surface area contributed by atoms with E-state index in [1.165, 1.54) is 11.3 Å². The zero-order valence-electron chi connectivity index (χ0n) is 12.3. The van der Waals surface area contributed by atoms with Gasteiger partial charge in [-0.15, -0.1) is 11.3 Å². The van der Waals surface area contributed by atoms with Crippen LogP contribution in [-0.2, 0) is 10.2 Å². The van der Waals surface area contributed by atoms with Crippen LogP contribution in [0.5, 0.6) is 0 Å². The van der Waals surface area contributed by atoms with Crippen molar-refractivity contribution in [3.8, 4) is 0 Å². The summed E-state index contributed by atoms with van der Waals surface area (Å²) in [6.45, 7) is 11.6. The van der Waals surface area contributed by atoms with Crippen LogP contribution in [0, 0.1) is 0 Å². The van der Waals surface area contributed by atoms with Gasteiger partial charge in [0.05, 0.1) is 30.0 Å². The standard InChI is InChI=1S/C14H22N2O2S/c1-9-8-18-10(2)7-16(9)12(17)11-6-15-13(19-11)14(3,4)5/h6,9-10H,7-8H2,1-5H3. The molecule has 4 nitrogen and oxygen atoms in total. The lowest BCUT2D eigenvalue weighted by atomic mass is 9.98. The third-order valence-electron chi connectivity index (χ3n) is 3.23. The number of rotatable bonds is 1. The van der Waals surface area contributed by atoms with Crippen molar-refractivity contribution < 1.29 is 9.53 Å². The van der Waals surface area contributed by atoms with Gasteiger partial charge in [-0.1, -0.05) is 20.8 Å². The molecule has 2 heterocycles. The third kappa shape index (κ3) is 3.15. The number of nitrogens with zero attached hydrogens (tertiary/aromatic N) is 2. The molecule has 0 radical (unpaired) electrons. The zero-order valence-corrected chi connectivity index (χ0v) is 13.1. The summed E-state index contributed by atoms with van der Waals surface area (Å²) in [4.78, 5) is 19.5. The van der Waals surface area contributed by atoms with Crippen molar-refractivity contribution in [3.05, 3.63) is 16.1 Å². The van der Waals surface area contributed by atoms with Crippen LogP contribution >= 0.6 is 11.3 Å².